The van der Waals surface area contributed by atoms with E-state index in [9.17, 15) is 4.79 Å². The Bertz CT molecular complexity index is 333. The van der Waals surface area contributed by atoms with Gasteiger partial charge in [-0.15, -0.1) is 11.3 Å². The molecule has 1 aromatic heterocycles. The van der Waals surface area contributed by atoms with E-state index in [4.69, 9.17) is 5.73 Å². The maximum atomic E-state index is 12.1. The maximum absolute atomic E-state index is 12.1. The van der Waals surface area contributed by atoms with Crippen LogP contribution in [0.5, 0.6) is 0 Å². The topological polar surface area (TPSA) is 46.3 Å². The first-order valence-electron chi connectivity index (χ1n) is 5.54. The van der Waals surface area contributed by atoms with Gasteiger partial charge >= 0.3 is 0 Å². The standard InChI is InChI=1S/C12H20N2OS/c1-4-7-12(2,13)11(15)14(3)9-10-6-5-8-16-10/h5-6,8H,4,7,9,13H2,1-3H3. The van der Waals surface area contributed by atoms with E-state index in [0.29, 0.717) is 6.54 Å². The van der Waals surface area contributed by atoms with Gasteiger partial charge in [-0.25, -0.2) is 0 Å². The second kappa shape index (κ2) is 5.46. The molecule has 0 saturated carbocycles. The smallest absolute Gasteiger partial charge is 0.242 e. The first-order chi connectivity index (χ1) is 7.47. The minimum Gasteiger partial charge on any atom is -0.339 e. The summed E-state index contributed by atoms with van der Waals surface area (Å²) in [6.45, 7) is 4.49. The predicted octanol–water partition coefficient (Wildman–Crippen LogP) is 2.22. The van der Waals surface area contributed by atoms with E-state index in [1.165, 1.54) is 4.88 Å². The van der Waals surface area contributed by atoms with Crippen molar-refractivity contribution in [2.24, 2.45) is 5.73 Å². The van der Waals surface area contributed by atoms with Gasteiger partial charge in [-0.1, -0.05) is 19.4 Å². The molecule has 0 radical (unpaired) electrons. The fraction of sp³-hybridized carbons (Fsp3) is 0.583. The van der Waals surface area contributed by atoms with Crippen molar-refractivity contribution >= 4 is 17.2 Å². The molecule has 0 aliphatic rings. The van der Waals surface area contributed by atoms with Crippen molar-refractivity contribution in [3.05, 3.63) is 22.4 Å². The van der Waals surface area contributed by atoms with Crippen molar-refractivity contribution in [3.8, 4) is 0 Å². The summed E-state index contributed by atoms with van der Waals surface area (Å²) < 4.78 is 0. The second-order valence-corrected chi connectivity index (χ2v) is 5.44. The average Bonchev–Trinajstić information content (AvgIpc) is 2.69. The van der Waals surface area contributed by atoms with Gasteiger partial charge in [0.2, 0.25) is 5.91 Å². The third kappa shape index (κ3) is 3.32. The number of carbonyl (C=O) groups excluding carboxylic acids is 1. The lowest BCUT2D eigenvalue weighted by molar-refractivity contribution is -0.135. The quantitative estimate of drug-likeness (QED) is 0.858. The number of thiophene rings is 1. The molecule has 0 fully saturated rings. The van der Waals surface area contributed by atoms with Gasteiger partial charge < -0.3 is 10.6 Å². The highest BCUT2D eigenvalue weighted by molar-refractivity contribution is 7.09. The SMILES string of the molecule is CCCC(C)(N)C(=O)N(C)Cc1cccs1. The van der Waals surface area contributed by atoms with Gasteiger partial charge in [0, 0.05) is 11.9 Å². The minimum atomic E-state index is -0.735. The highest BCUT2D eigenvalue weighted by Crippen LogP contribution is 2.16. The van der Waals surface area contributed by atoms with Gasteiger partial charge in [0.05, 0.1) is 12.1 Å². The summed E-state index contributed by atoms with van der Waals surface area (Å²) in [4.78, 5) is 15.0. The molecule has 0 bridgehead atoms. The molecule has 90 valence electrons. The first-order valence-corrected chi connectivity index (χ1v) is 6.42. The highest BCUT2D eigenvalue weighted by atomic mass is 32.1. The molecule has 4 heteroatoms. The number of nitrogens with zero attached hydrogens (tertiary/aromatic N) is 1. The zero-order valence-electron chi connectivity index (χ0n) is 10.2. The molecule has 16 heavy (non-hydrogen) atoms. The summed E-state index contributed by atoms with van der Waals surface area (Å²) >= 11 is 1.66. The molecule has 1 aromatic rings. The van der Waals surface area contributed by atoms with Crippen LogP contribution in [0.15, 0.2) is 17.5 Å². The Morgan fingerprint density at radius 2 is 2.31 bits per heavy atom. The number of hydrogen-bond acceptors (Lipinski definition) is 3. The van der Waals surface area contributed by atoms with Crippen LogP contribution < -0.4 is 5.73 Å². The fourth-order valence-corrected chi connectivity index (χ4v) is 2.53. The number of likely N-dealkylation sites (N-methyl/N-ethyl adjacent to an activating group) is 1. The lowest BCUT2D eigenvalue weighted by Crippen LogP contribution is -2.51. The van der Waals surface area contributed by atoms with Crippen LogP contribution in [0.2, 0.25) is 0 Å². The summed E-state index contributed by atoms with van der Waals surface area (Å²) in [5, 5.41) is 2.02. The molecule has 1 heterocycles. The van der Waals surface area contributed by atoms with Crippen LogP contribution in [0.3, 0.4) is 0 Å². The lowest BCUT2D eigenvalue weighted by Gasteiger charge is -2.28. The van der Waals surface area contributed by atoms with E-state index in [1.807, 2.05) is 38.4 Å². The fourth-order valence-electron chi connectivity index (χ4n) is 1.77. The number of hydrogen-bond donors (Lipinski definition) is 1. The van der Waals surface area contributed by atoms with Crippen molar-refractivity contribution in [2.45, 2.75) is 38.8 Å². The summed E-state index contributed by atoms with van der Waals surface area (Å²) in [6, 6.07) is 4.02. The molecule has 2 N–H and O–H groups in total. The van der Waals surface area contributed by atoms with E-state index in [1.54, 1.807) is 16.2 Å². The third-order valence-electron chi connectivity index (χ3n) is 2.58. The second-order valence-electron chi connectivity index (χ2n) is 4.41. The molecule has 0 spiro atoms. The van der Waals surface area contributed by atoms with E-state index in [2.05, 4.69) is 0 Å². The van der Waals surface area contributed by atoms with Gasteiger partial charge in [-0.05, 0) is 24.8 Å². The number of nitrogens with two attached hydrogens (primary N) is 1. The summed E-state index contributed by atoms with van der Waals surface area (Å²) in [5.74, 6) is 0.0164. The normalized spacial score (nSPS) is 14.5. The van der Waals surface area contributed by atoms with Gasteiger partial charge in [-0.3, -0.25) is 4.79 Å². The van der Waals surface area contributed by atoms with E-state index in [-0.39, 0.29) is 5.91 Å². The lowest BCUT2D eigenvalue weighted by atomic mass is 9.96. The molecule has 1 rings (SSSR count). The van der Waals surface area contributed by atoms with Gasteiger partial charge in [0.1, 0.15) is 0 Å². The third-order valence-corrected chi connectivity index (χ3v) is 3.44. The molecule has 0 aromatic carbocycles. The van der Waals surface area contributed by atoms with Crippen LogP contribution in [-0.4, -0.2) is 23.4 Å². The number of carbonyl (C=O) groups is 1. The van der Waals surface area contributed by atoms with Crippen molar-refractivity contribution < 1.29 is 4.79 Å². The minimum absolute atomic E-state index is 0.0164. The monoisotopic (exact) mass is 240 g/mol. The predicted molar refractivity (Wildman–Crippen MR) is 68.3 cm³/mol. The largest absolute Gasteiger partial charge is 0.339 e. The zero-order chi connectivity index (χ0) is 12.2. The molecule has 1 unspecified atom stereocenters. The van der Waals surface area contributed by atoms with E-state index < -0.39 is 5.54 Å². The molecule has 1 amide bonds. The Balaban J connectivity index is 2.60. The molecule has 0 saturated heterocycles. The highest BCUT2D eigenvalue weighted by Gasteiger charge is 2.30. The van der Waals surface area contributed by atoms with Gasteiger partial charge in [0.15, 0.2) is 0 Å². The molecular weight excluding hydrogens is 220 g/mol. The Morgan fingerprint density at radius 3 is 2.81 bits per heavy atom. The summed E-state index contributed by atoms with van der Waals surface area (Å²) in [6.07, 6.45) is 1.65. The Hall–Kier alpha value is -0.870. The molecule has 0 aliphatic heterocycles. The van der Waals surface area contributed by atoms with Crippen molar-refractivity contribution in [1.82, 2.24) is 4.90 Å². The molecule has 0 aliphatic carbocycles. The van der Waals surface area contributed by atoms with Crippen LogP contribution in [0.25, 0.3) is 0 Å². The van der Waals surface area contributed by atoms with Crippen LogP contribution in [0.4, 0.5) is 0 Å². The van der Waals surface area contributed by atoms with Crippen LogP contribution >= 0.6 is 11.3 Å². The average molecular weight is 240 g/mol. The summed E-state index contributed by atoms with van der Waals surface area (Å²) in [7, 11) is 1.81. The van der Waals surface area contributed by atoms with Crippen LogP contribution in [0, 0.1) is 0 Å². The zero-order valence-corrected chi connectivity index (χ0v) is 11.0. The van der Waals surface area contributed by atoms with Crippen molar-refractivity contribution in [1.29, 1.82) is 0 Å². The Morgan fingerprint density at radius 1 is 1.62 bits per heavy atom. The molecular formula is C12H20N2OS. The molecule has 1 atom stereocenters. The summed E-state index contributed by atoms with van der Waals surface area (Å²) in [5.41, 5.74) is 5.28. The van der Waals surface area contributed by atoms with Crippen LogP contribution in [-0.2, 0) is 11.3 Å². The van der Waals surface area contributed by atoms with Gasteiger partial charge in [-0.2, -0.15) is 0 Å². The van der Waals surface area contributed by atoms with Gasteiger partial charge in [0.25, 0.3) is 0 Å². The molecule has 3 nitrogen and oxygen atoms in total. The van der Waals surface area contributed by atoms with Crippen molar-refractivity contribution in [2.75, 3.05) is 7.05 Å². The van der Waals surface area contributed by atoms with Crippen molar-refractivity contribution in [3.63, 3.8) is 0 Å². The van der Waals surface area contributed by atoms with Crippen LogP contribution in [0.1, 0.15) is 31.6 Å². The Labute approximate surface area is 101 Å². The Kier molecular flexibility index (Phi) is 4.50. The number of amides is 1. The first kappa shape index (κ1) is 13.2. The number of rotatable bonds is 5. The van der Waals surface area contributed by atoms with E-state index in [0.717, 1.165) is 12.8 Å². The maximum Gasteiger partial charge on any atom is 0.242 e. The van der Waals surface area contributed by atoms with E-state index >= 15 is 0 Å².